The van der Waals surface area contributed by atoms with E-state index in [0.29, 0.717) is 17.8 Å². The lowest BCUT2D eigenvalue weighted by molar-refractivity contribution is -0.137. The number of halogens is 1. The first-order valence-corrected chi connectivity index (χ1v) is 12.0. The molecule has 0 radical (unpaired) electrons. The zero-order chi connectivity index (χ0) is 22.6. The molecule has 2 aliphatic rings. The van der Waals surface area contributed by atoms with Gasteiger partial charge in [0.25, 0.3) is 0 Å². The third kappa shape index (κ3) is 4.71. The van der Waals surface area contributed by atoms with Crippen molar-refractivity contribution in [3.05, 3.63) is 42.0 Å². The number of nitrogens with zero attached hydrogens (tertiary/aromatic N) is 2. The highest BCUT2D eigenvalue weighted by Gasteiger charge is 2.42. The quantitative estimate of drug-likeness (QED) is 0.649. The van der Waals surface area contributed by atoms with Gasteiger partial charge in [-0.2, -0.15) is 5.10 Å². The van der Waals surface area contributed by atoms with E-state index >= 15 is 0 Å². The fraction of sp³-hybridized carbons (Fsp3) is 0.560. The van der Waals surface area contributed by atoms with Gasteiger partial charge in [-0.3, -0.25) is 9.59 Å². The normalized spacial score (nSPS) is 20.1. The molecule has 1 atom stereocenters. The van der Waals surface area contributed by atoms with Crippen molar-refractivity contribution in [3.63, 3.8) is 0 Å². The molecule has 2 saturated carbocycles. The van der Waals surface area contributed by atoms with Gasteiger partial charge in [-0.25, -0.2) is 9.07 Å². The summed E-state index contributed by atoms with van der Waals surface area (Å²) < 4.78 is 15.3. The van der Waals surface area contributed by atoms with Crippen LogP contribution in [0.5, 0.6) is 0 Å². The number of rotatable bonds is 5. The molecule has 2 aromatic rings. The molecule has 32 heavy (non-hydrogen) atoms. The number of benzene rings is 1. The molecule has 1 aromatic heterocycles. The summed E-state index contributed by atoms with van der Waals surface area (Å²) in [5.74, 6) is -1.60. The summed E-state index contributed by atoms with van der Waals surface area (Å²) >= 11 is 0. The molecule has 1 unspecified atom stereocenters. The molecule has 2 fully saturated rings. The standard InChI is InChI=1S/C25H33FN4O2/c1-2-9-21-20(17-27-30(21)19-11-8-10-18(26)16-19)28-23(31)24(32)29-22-12-4-7-15-25(22)13-5-3-6-14-25/h8,10-11,16-17,22H,2-7,9,12-15H2,1H3,(H,28,31)(H,29,32). The number of amides is 2. The minimum atomic E-state index is -0.669. The lowest BCUT2D eigenvalue weighted by atomic mass is 9.62. The lowest BCUT2D eigenvalue weighted by Crippen LogP contribution is -2.53. The predicted octanol–water partition coefficient (Wildman–Crippen LogP) is 4.91. The third-order valence-corrected chi connectivity index (χ3v) is 7.17. The van der Waals surface area contributed by atoms with Crippen LogP contribution >= 0.6 is 0 Å². The van der Waals surface area contributed by atoms with E-state index in [2.05, 4.69) is 15.7 Å². The summed E-state index contributed by atoms with van der Waals surface area (Å²) in [7, 11) is 0. The molecule has 2 amide bonds. The number of carbonyl (C=O) groups is 2. The Kier molecular flexibility index (Phi) is 6.92. The zero-order valence-corrected chi connectivity index (χ0v) is 18.8. The Hall–Kier alpha value is -2.70. The summed E-state index contributed by atoms with van der Waals surface area (Å²) in [4.78, 5) is 25.6. The largest absolute Gasteiger partial charge is 0.345 e. The molecule has 6 nitrogen and oxygen atoms in total. The van der Waals surface area contributed by atoms with E-state index in [1.54, 1.807) is 16.8 Å². The van der Waals surface area contributed by atoms with E-state index in [0.717, 1.165) is 44.2 Å². The monoisotopic (exact) mass is 440 g/mol. The average Bonchev–Trinajstić information content (AvgIpc) is 3.18. The van der Waals surface area contributed by atoms with Crippen LogP contribution in [0.2, 0.25) is 0 Å². The van der Waals surface area contributed by atoms with Gasteiger partial charge in [0.1, 0.15) is 5.82 Å². The SMILES string of the molecule is CCCc1c(NC(=O)C(=O)NC2CCCCC23CCCCC3)cnn1-c1cccc(F)c1. The maximum atomic E-state index is 13.7. The first kappa shape index (κ1) is 22.5. The molecule has 7 heteroatoms. The second-order valence-electron chi connectivity index (χ2n) is 9.30. The summed E-state index contributed by atoms with van der Waals surface area (Å²) in [6, 6.07) is 6.24. The van der Waals surface area contributed by atoms with Crippen LogP contribution in [0.25, 0.3) is 5.69 Å². The lowest BCUT2D eigenvalue weighted by Gasteiger charge is -2.47. The fourth-order valence-electron chi connectivity index (χ4n) is 5.57. The van der Waals surface area contributed by atoms with Crippen molar-refractivity contribution in [2.24, 2.45) is 5.41 Å². The fourth-order valence-corrected chi connectivity index (χ4v) is 5.57. The van der Waals surface area contributed by atoms with Crippen LogP contribution in [-0.4, -0.2) is 27.6 Å². The Labute approximate surface area is 189 Å². The molecule has 1 heterocycles. The molecule has 0 saturated heterocycles. The molecule has 1 spiro atoms. The molecule has 0 aliphatic heterocycles. The Balaban J connectivity index is 1.48. The Morgan fingerprint density at radius 1 is 1.12 bits per heavy atom. The molecule has 1 aromatic carbocycles. The van der Waals surface area contributed by atoms with E-state index in [1.807, 2.05) is 6.92 Å². The van der Waals surface area contributed by atoms with Gasteiger partial charge in [-0.05, 0) is 55.7 Å². The topological polar surface area (TPSA) is 76.0 Å². The number of nitrogens with one attached hydrogen (secondary N) is 2. The highest BCUT2D eigenvalue weighted by molar-refractivity contribution is 6.39. The van der Waals surface area contributed by atoms with Crippen LogP contribution in [-0.2, 0) is 16.0 Å². The van der Waals surface area contributed by atoms with E-state index in [9.17, 15) is 14.0 Å². The number of aromatic nitrogens is 2. The van der Waals surface area contributed by atoms with Crippen LogP contribution in [0.1, 0.15) is 76.8 Å². The zero-order valence-electron chi connectivity index (χ0n) is 18.8. The summed E-state index contributed by atoms with van der Waals surface area (Å²) in [5, 5.41) is 10.2. The minimum absolute atomic E-state index is 0.0694. The second kappa shape index (κ2) is 9.84. The molecule has 2 N–H and O–H groups in total. The van der Waals surface area contributed by atoms with Crippen molar-refractivity contribution in [2.45, 2.75) is 83.6 Å². The molecular weight excluding hydrogens is 407 g/mol. The Morgan fingerprint density at radius 2 is 1.88 bits per heavy atom. The average molecular weight is 441 g/mol. The van der Waals surface area contributed by atoms with Crippen molar-refractivity contribution in [1.29, 1.82) is 0 Å². The summed E-state index contributed by atoms with van der Waals surface area (Å²) in [5.41, 5.74) is 1.98. The second-order valence-corrected chi connectivity index (χ2v) is 9.30. The maximum Gasteiger partial charge on any atom is 0.313 e. The molecule has 4 rings (SSSR count). The van der Waals surface area contributed by atoms with Crippen molar-refractivity contribution >= 4 is 17.5 Å². The molecule has 2 aliphatic carbocycles. The smallest absolute Gasteiger partial charge is 0.313 e. The predicted molar refractivity (Wildman–Crippen MR) is 122 cm³/mol. The van der Waals surface area contributed by atoms with Gasteiger partial charge in [-0.15, -0.1) is 0 Å². The van der Waals surface area contributed by atoms with E-state index in [1.165, 1.54) is 44.0 Å². The molecular formula is C25H33FN4O2. The Morgan fingerprint density at radius 3 is 2.59 bits per heavy atom. The van der Waals surface area contributed by atoms with Crippen molar-refractivity contribution in [1.82, 2.24) is 15.1 Å². The minimum Gasteiger partial charge on any atom is -0.345 e. The van der Waals surface area contributed by atoms with Crippen molar-refractivity contribution in [2.75, 3.05) is 5.32 Å². The van der Waals surface area contributed by atoms with Gasteiger partial charge in [0.05, 0.1) is 23.3 Å². The van der Waals surface area contributed by atoms with Crippen LogP contribution in [0.4, 0.5) is 10.1 Å². The van der Waals surface area contributed by atoms with Gasteiger partial charge >= 0.3 is 11.8 Å². The van der Waals surface area contributed by atoms with Crippen LogP contribution < -0.4 is 10.6 Å². The van der Waals surface area contributed by atoms with Gasteiger partial charge in [-0.1, -0.05) is 51.5 Å². The van der Waals surface area contributed by atoms with Gasteiger partial charge in [0.2, 0.25) is 0 Å². The third-order valence-electron chi connectivity index (χ3n) is 7.17. The van der Waals surface area contributed by atoms with E-state index in [4.69, 9.17) is 0 Å². The highest BCUT2D eigenvalue weighted by Crippen LogP contribution is 2.47. The van der Waals surface area contributed by atoms with Gasteiger partial charge < -0.3 is 10.6 Å². The molecule has 0 bridgehead atoms. The number of carbonyl (C=O) groups excluding carboxylic acids is 2. The van der Waals surface area contributed by atoms with Crippen LogP contribution in [0, 0.1) is 11.2 Å². The summed E-state index contributed by atoms with van der Waals surface area (Å²) in [6.07, 6.45) is 13.3. The van der Waals surface area contributed by atoms with Crippen molar-refractivity contribution in [3.8, 4) is 5.69 Å². The molecule has 172 valence electrons. The first-order chi connectivity index (χ1) is 15.5. The van der Waals surface area contributed by atoms with Crippen molar-refractivity contribution < 1.29 is 14.0 Å². The highest BCUT2D eigenvalue weighted by atomic mass is 19.1. The Bertz CT molecular complexity index is 956. The maximum absolute atomic E-state index is 13.7. The number of hydrogen-bond donors (Lipinski definition) is 2. The summed E-state index contributed by atoms with van der Waals surface area (Å²) in [6.45, 7) is 2.02. The van der Waals surface area contributed by atoms with E-state index in [-0.39, 0.29) is 17.3 Å². The van der Waals surface area contributed by atoms with Crippen LogP contribution in [0.3, 0.4) is 0 Å². The van der Waals surface area contributed by atoms with Gasteiger partial charge in [0, 0.05) is 6.04 Å². The van der Waals surface area contributed by atoms with E-state index < -0.39 is 11.8 Å². The first-order valence-electron chi connectivity index (χ1n) is 12.0. The van der Waals surface area contributed by atoms with Gasteiger partial charge in [0.15, 0.2) is 0 Å². The van der Waals surface area contributed by atoms with Crippen LogP contribution in [0.15, 0.2) is 30.5 Å². The number of hydrogen-bond acceptors (Lipinski definition) is 3. The number of anilines is 1.